The van der Waals surface area contributed by atoms with E-state index in [1.165, 1.54) is 0 Å². The van der Waals surface area contributed by atoms with Gasteiger partial charge in [-0.15, -0.1) is 0 Å². The maximum atomic E-state index is 12.6. The summed E-state index contributed by atoms with van der Waals surface area (Å²) in [7, 11) is 0. The van der Waals surface area contributed by atoms with Crippen LogP contribution in [-0.4, -0.2) is 29.0 Å². The molecule has 0 saturated carbocycles. The van der Waals surface area contributed by atoms with Gasteiger partial charge in [-0.3, -0.25) is 0 Å². The zero-order chi connectivity index (χ0) is 20.0. The van der Waals surface area contributed by atoms with Crippen LogP contribution in [0.5, 0.6) is 0 Å². The Morgan fingerprint density at radius 1 is 0.800 bits per heavy atom. The van der Waals surface area contributed by atoms with Crippen molar-refractivity contribution in [2.75, 3.05) is 0 Å². The molecule has 0 aromatic heterocycles. The fraction of sp³-hybridized carbons (Fsp3) is 0.364. The van der Waals surface area contributed by atoms with E-state index < -0.39 is 30.5 Å². The average Bonchev–Trinajstić information content (AvgIpc) is 2.47. The summed E-state index contributed by atoms with van der Waals surface area (Å²) in [6.45, 7) is -0.987. The first-order valence-electron chi connectivity index (χ1n) is 5.60. The molecular formula is C11H3Br5F6O3. The predicted molar refractivity (Wildman–Crippen MR) is 91.8 cm³/mol. The van der Waals surface area contributed by atoms with Gasteiger partial charge >= 0.3 is 23.9 Å². The summed E-state index contributed by atoms with van der Waals surface area (Å²) in [5, 5.41) is 8.95. The second-order valence-electron chi connectivity index (χ2n) is 4.33. The predicted octanol–water partition coefficient (Wildman–Crippen LogP) is 6.40. The Kier molecular flexibility index (Phi) is 7.51. The van der Waals surface area contributed by atoms with Crippen molar-refractivity contribution in [3.63, 3.8) is 0 Å². The molecule has 0 saturated heterocycles. The molecule has 0 heterocycles. The van der Waals surface area contributed by atoms with E-state index in [9.17, 15) is 31.1 Å². The molecule has 0 atom stereocenters. The molecule has 14 heteroatoms. The van der Waals surface area contributed by atoms with Gasteiger partial charge in [0.1, 0.15) is 6.61 Å². The highest BCUT2D eigenvalue weighted by Gasteiger charge is 2.76. The zero-order valence-electron chi connectivity index (χ0n) is 11.1. The van der Waals surface area contributed by atoms with E-state index >= 15 is 0 Å². The summed E-state index contributed by atoms with van der Waals surface area (Å²) in [6.07, 6.45) is -12.6. The number of hydrogen-bond acceptors (Lipinski definition) is 3. The highest BCUT2D eigenvalue weighted by Crippen LogP contribution is 2.46. The van der Waals surface area contributed by atoms with Crippen molar-refractivity contribution < 1.29 is 41.0 Å². The molecule has 0 fully saturated rings. The molecule has 0 bridgehead atoms. The molecule has 0 spiro atoms. The van der Waals surface area contributed by atoms with Crippen molar-refractivity contribution in [3.8, 4) is 0 Å². The van der Waals surface area contributed by atoms with Gasteiger partial charge in [0.25, 0.3) is 0 Å². The largest absolute Gasteiger partial charge is 0.458 e. The van der Waals surface area contributed by atoms with E-state index in [0.29, 0.717) is 13.4 Å². The van der Waals surface area contributed by atoms with Crippen LogP contribution in [0.25, 0.3) is 0 Å². The van der Waals surface area contributed by atoms with Crippen LogP contribution in [0.1, 0.15) is 5.56 Å². The quantitative estimate of drug-likeness (QED) is 0.172. The number of benzene rings is 1. The van der Waals surface area contributed by atoms with Gasteiger partial charge in [0.2, 0.25) is 0 Å². The van der Waals surface area contributed by atoms with Gasteiger partial charge in [-0.2, -0.15) is 26.3 Å². The third-order valence-electron chi connectivity index (χ3n) is 2.76. The van der Waals surface area contributed by atoms with E-state index in [-0.39, 0.29) is 14.5 Å². The number of esters is 1. The van der Waals surface area contributed by atoms with Crippen LogP contribution >= 0.6 is 79.6 Å². The number of alkyl halides is 6. The van der Waals surface area contributed by atoms with Crippen LogP contribution < -0.4 is 0 Å². The summed E-state index contributed by atoms with van der Waals surface area (Å²) >= 11 is 15.6. The molecule has 0 unspecified atom stereocenters. The number of carbonyl (C=O) groups excluding carboxylic acids is 1. The second kappa shape index (κ2) is 7.94. The smallest absolute Gasteiger partial charge is 0.437 e. The van der Waals surface area contributed by atoms with E-state index in [4.69, 9.17) is 5.11 Å². The van der Waals surface area contributed by atoms with E-state index in [1.807, 2.05) is 0 Å². The Balaban J connectivity index is 3.24. The van der Waals surface area contributed by atoms with Gasteiger partial charge < -0.3 is 9.84 Å². The minimum Gasteiger partial charge on any atom is -0.458 e. The number of hydrogen-bond donors (Lipinski definition) is 1. The maximum absolute atomic E-state index is 12.6. The standard InChI is InChI=1S/C11H3Br5F6O3/c12-3-2(4(13)6(15)7(16)5(3)14)1-25-8(23)9(24,10(17,18)19)11(20,21)22/h24H,1H2. The summed E-state index contributed by atoms with van der Waals surface area (Å²) in [5.41, 5.74) is -5.62. The monoisotopic (exact) mass is 692 g/mol. The molecule has 1 N–H and O–H groups in total. The van der Waals surface area contributed by atoms with Gasteiger partial charge in [0.15, 0.2) is 0 Å². The van der Waals surface area contributed by atoms with Crippen LogP contribution in [0.2, 0.25) is 0 Å². The lowest BCUT2D eigenvalue weighted by molar-refractivity contribution is -0.357. The van der Waals surface area contributed by atoms with Gasteiger partial charge in [-0.25, -0.2) is 4.79 Å². The molecule has 1 aromatic rings. The van der Waals surface area contributed by atoms with Crippen LogP contribution in [0.3, 0.4) is 0 Å². The minimum absolute atomic E-state index is 0.0157. The Morgan fingerprint density at radius 3 is 1.44 bits per heavy atom. The normalized spacial score (nSPS) is 13.1. The van der Waals surface area contributed by atoms with E-state index in [0.717, 1.165) is 0 Å². The Labute approximate surface area is 178 Å². The molecule has 0 radical (unpaired) electrons. The highest BCUT2D eigenvalue weighted by molar-refractivity contribution is 9.15. The van der Waals surface area contributed by atoms with Crippen molar-refractivity contribution in [3.05, 3.63) is 27.9 Å². The first-order valence-corrected chi connectivity index (χ1v) is 9.57. The Bertz CT molecular complexity index is 660. The van der Waals surface area contributed by atoms with Crippen LogP contribution in [0.4, 0.5) is 26.3 Å². The van der Waals surface area contributed by atoms with E-state index in [2.05, 4.69) is 84.4 Å². The van der Waals surface area contributed by atoms with Crippen molar-refractivity contribution in [2.45, 2.75) is 24.6 Å². The Morgan fingerprint density at radius 2 is 1.12 bits per heavy atom. The third-order valence-corrected chi connectivity index (χ3v) is 9.02. The molecule has 142 valence electrons. The van der Waals surface area contributed by atoms with Crippen molar-refractivity contribution in [1.82, 2.24) is 0 Å². The molecule has 25 heavy (non-hydrogen) atoms. The third kappa shape index (κ3) is 4.39. The number of aliphatic hydroxyl groups is 1. The van der Waals surface area contributed by atoms with Crippen LogP contribution in [0.15, 0.2) is 22.4 Å². The van der Waals surface area contributed by atoms with E-state index in [1.54, 1.807) is 0 Å². The van der Waals surface area contributed by atoms with Gasteiger partial charge in [0.05, 0.1) is 0 Å². The first-order chi connectivity index (χ1) is 11.1. The van der Waals surface area contributed by atoms with Crippen molar-refractivity contribution in [2.24, 2.45) is 0 Å². The van der Waals surface area contributed by atoms with Gasteiger partial charge in [-0.1, -0.05) is 0 Å². The fourth-order valence-electron chi connectivity index (χ4n) is 1.41. The molecule has 0 aliphatic carbocycles. The zero-order valence-corrected chi connectivity index (χ0v) is 19.1. The first kappa shape index (κ1) is 23.7. The SMILES string of the molecule is O=C(OCc1c(Br)c(Br)c(Br)c(Br)c1Br)C(O)(C(F)(F)F)C(F)(F)F. The minimum atomic E-state index is -6.31. The molecule has 0 aliphatic rings. The summed E-state index contributed by atoms with van der Waals surface area (Å²) in [5.74, 6) is -2.89. The molecular weight excluding hydrogens is 694 g/mol. The molecule has 1 rings (SSSR count). The maximum Gasteiger partial charge on any atom is 0.437 e. The topological polar surface area (TPSA) is 46.5 Å². The lowest BCUT2D eigenvalue weighted by Crippen LogP contribution is -2.62. The number of ether oxygens (including phenoxy) is 1. The highest BCUT2D eigenvalue weighted by atomic mass is 79.9. The second-order valence-corrected chi connectivity index (χ2v) is 8.30. The van der Waals surface area contributed by atoms with Crippen LogP contribution in [-0.2, 0) is 16.1 Å². The number of halogens is 11. The molecule has 3 nitrogen and oxygen atoms in total. The number of rotatable bonds is 3. The van der Waals surface area contributed by atoms with Crippen molar-refractivity contribution in [1.29, 1.82) is 0 Å². The molecule has 0 amide bonds. The fourth-order valence-corrected chi connectivity index (χ4v) is 4.77. The van der Waals surface area contributed by atoms with Crippen LogP contribution in [0, 0.1) is 0 Å². The summed E-state index contributed by atoms with van der Waals surface area (Å²) in [6, 6.07) is 0. The lowest BCUT2D eigenvalue weighted by atomic mass is 10.0. The molecule has 0 aliphatic heterocycles. The van der Waals surface area contributed by atoms with Gasteiger partial charge in [-0.05, 0) is 79.6 Å². The number of carbonyl (C=O) groups is 1. The van der Waals surface area contributed by atoms with Gasteiger partial charge in [0, 0.05) is 27.9 Å². The summed E-state index contributed by atoms with van der Waals surface area (Å²) < 4.78 is 81.3. The average molecular weight is 697 g/mol. The Hall–Kier alpha value is 0.630. The molecule has 1 aromatic carbocycles. The lowest BCUT2D eigenvalue weighted by Gasteiger charge is -2.30. The summed E-state index contributed by atoms with van der Waals surface area (Å²) in [4.78, 5) is 11.4. The van der Waals surface area contributed by atoms with Crippen molar-refractivity contribution >= 4 is 85.6 Å².